The molecule has 0 spiro atoms. The number of rotatable bonds is 6. The summed E-state index contributed by atoms with van der Waals surface area (Å²) in [4.78, 5) is 54.5. The van der Waals surface area contributed by atoms with Crippen molar-refractivity contribution in [2.45, 2.75) is 28.9 Å². The van der Waals surface area contributed by atoms with Crippen molar-refractivity contribution in [3.8, 4) is 5.75 Å². The summed E-state index contributed by atoms with van der Waals surface area (Å²) in [6.45, 7) is -0.406. The largest absolute Gasteiger partial charge is 0.497 e. The minimum absolute atomic E-state index is 0.234. The minimum atomic E-state index is -4.70. The summed E-state index contributed by atoms with van der Waals surface area (Å²) in [5.74, 6) is -3.98. The number of carbonyl (C=O) groups excluding carboxylic acids is 3. The first-order valence-corrected chi connectivity index (χ1v) is 14.8. The van der Waals surface area contributed by atoms with Crippen molar-refractivity contribution < 1.29 is 36.7 Å². The molecule has 3 amide bonds. The number of nitrogens with zero attached hydrogens (tertiary/aromatic N) is 2. The highest BCUT2D eigenvalue weighted by molar-refractivity contribution is 8.00. The Labute approximate surface area is 255 Å². The van der Waals surface area contributed by atoms with Gasteiger partial charge in [-0.1, -0.05) is 41.3 Å². The number of hydrogen-bond donors (Lipinski definition) is 1. The number of thiazole rings is 1. The molecule has 0 aliphatic carbocycles. The number of nitrogens with one attached hydrogen (secondary N) is 1. The summed E-state index contributed by atoms with van der Waals surface area (Å²) < 4.78 is 60.6. The lowest BCUT2D eigenvalue weighted by Gasteiger charge is -2.30. The van der Waals surface area contributed by atoms with E-state index in [2.05, 4.69) is 5.32 Å². The molecule has 1 fully saturated rings. The molecule has 3 aromatic carbocycles. The van der Waals surface area contributed by atoms with Crippen molar-refractivity contribution in [3.05, 3.63) is 104 Å². The lowest BCUT2D eigenvalue weighted by Crippen LogP contribution is -2.33. The molecule has 0 bridgehead atoms. The highest BCUT2D eigenvalue weighted by Gasteiger charge is 2.57. The molecule has 1 aromatic heterocycles. The summed E-state index contributed by atoms with van der Waals surface area (Å²) >= 11 is 1.72. The molecule has 0 saturated carbocycles. The number of benzene rings is 3. The first-order valence-electron chi connectivity index (χ1n) is 13.1. The molecule has 3 atom stereocenters. The van der Waals surface area contributed by atoms with Crippen LogP contribution in [0.15, 0.2) is 82.6 Å². The van der Waals surface area contributed by atoms with Crippen LogP contribution >= 0.6 is 23.1 Å². The molecular formula is C30H21F4N3O5S2. The fourth-order valence-corrected chi connectivity index (χ4v) is 8.15. The second kappa shape index (κ2) is 11.2. The van der Waals surface area contributed by atoms with E-state index in [0.29, 0.717) is 21.9 Å². The van der Waals surface area contributed by atoms with E-state index in [9.17, 15) is 36.7 Å². The topological polar surface area (TPSA) is 97.7 Å². The van der Waals surface area contributed by atoms with Crippen molar-refractivity contribution in [2.24, 2.45) is 5.92 Å². The number of imide groups is 1. The molecule has 0 radical (unpaired) electrons. The van der Waals surface area contributed by atoms with Crippen LogP contribution in [0.5, 0.6) is 5.75 Å². The second-order valence-electron chi connectivity index (χ2n) is 10.1. The van der Waals surface area contributed by atoms with Crippen molar-refractivity contribution in [2.75, 3.05) is 17.3 Å². The zero-order chi connectivity index (χ0) is 31.3. The molecule has 44 heavy (non-hydrogen) atoms. The number of thioether (sulfide) groups is 1. The average Bonchev–Trinajstić information content (AvgIpc) is 3.43. The molecule has 14 heteroatoms. The third-order valence-electron chi connectivity index (χ3n) is 7.39. The Morgan fingerprint density at radius 1 is 0.977 bits per heavy atom. The first kappa shape index (κ1) is 29.6. The number of anilines is 2. The fraction of sp³-hybridized carbons (Fsp3) is 0.200. The van der Waals surface area contributed by atoms with Gasteiger partial charge < -0.3 is 10.1 Å². The number of alkyl halides is 3. The van der Waals surface area contributed by atoms with Gasteiger partial charge in [-0.2, -0.15) is 13.2 Å². The zero-order valence-corrected chi connectivity index (χ0v) is 24.3. The predicted molar refractivity (Wildman–Crippen MR) is 156 cm³/mol. The van der Waals surface area contributed by atoms with Crippen LogP contribution in [0.3, 0.4) is 0 Å². The Bertz CT molecular complexity index is 1840. The highest BCUT2D eigenvalue weighted by atomic mass is 32.2. The monoisotopic (exact) mass is 643 g/mol. The van der Waals surface area contributed by atoms with Gasteiger partial charge in [0, 0.05) is 16.5 Å². The number of ether oxygens (including phenoxy) is 1. The first-order chi connectivity index (χ1) is 21.0. The molecular weight excluding hydrogens is 622 g/mol. The third-order valence-corrected chi connectivity index (χ3v) is 9.99. The molecule has 0 unspecified atom stereocenters. The van der Waals surface area contributed by atoms with Crippen LogP contribution in [-0.4, -0.2) is 34.6 Å². The van der Waals surface area contributed by atoms with Gasteiger partial charge >= 0.3 is 11.0 Å². The maximum atomic E-state index is 13.9. The SMILES string of the molecule is COc1ccc(NC(=O)Cn2c3c(sc2=O)[C@@H](c2ccc(F)cc2)[C@@H]2C(=O)N(c4cccc(C(F)(F)F)c4)C(=O)[C@@H]2S3)cc1. The smallest absolute Gasteiger partial charge is 0.416 e. The Morgan fingerprint density at radius 3 is 2.34 bits per heavy atom. The number of hydrogen-bond acceptors (Lipinski definition) is 7. The molecule has 8 nitrogen and oxygen atoms in total. The van der Waals surface area contributed by atoms with Gasteiger partial charge in [-0.3, -0.25) is 23.7 Å². The van der Waals surface area contributed by atoms with Gasteiger partial charge in [0.25, 0.3) is 0 Å². The van der Waals surface area contributed by atoms with Crippen LogP contribution in [0.2, 0.25) is 0 Å². The van der Waals surface area contributed by atoms with E-state index in [1.54, 1.807) is 24.3 Å². The quantitative estimate of drug-likeness (QED) is 0.220. The lowest BCUT2D eigenvalue weighted by molar-refractivity contribution is -0.137. The van der Waals surface area contributed by atoms with E-state index in [1.807, 2.05) is 0 Å². The molecule has 2 aliphatic rings. The van der Waals surface area contributed by atoms with Gasteiger partial charge in [0.05, 0.1) is 29.3 Å². The number of fused-ring (bicyclic) bond motifs is 2. The molecule has 2 aliphatic heterocycles. The van der Waals surface area contributed by atoms with Gasteiger partial charge in [-0.15, -0.1) is 0 Å². The van der Waals surface area contributed by atoms with E-state index in [4.69, 9.17) is 4.74 Å². The summed E-state index contributed by atoms with van der Waals surface area (Å²) in [7, 11) is 1.50. The van der Waals surface area contributed by atoms with Crippen molar-refractivity contribution in [3.63, 3.8) is 0 Å². The number of aromatic nitrogens is 1. The average molecular weight is 644 g/mol. The van der Waals surface area contributed by atoms with Crippen LogP contribution < -0.4 is 19.8 Å². The van der Waals surface area contributed by atoms with Crippen molar-refractivity contribution in [1.82, 2.24) is 4.57 Å². The van der Waals surface area contributed by atoms with Crippen LogP contribution in [0.1, 0.15) is 21.9 Å². The Balaban J connectivity index is 1.39. The Morgan fingerprint density at radius 2 is 1.68 bits per heavy atom. The van der Waals surface area contributed by atoms with E-state index in [-0.39, 0.29) is 10.7 Å². The van der Waals surface area contributed by atoms with Crippen LogP contribution in [-0.2, 0) is 27.1 Å². The molecule has 6 rings (SSSR count). The van der Waals surface area contributed by atoms with E-state index in [0.717, 1.165) is 46.2 Å². The van der Waals surface area contributed by atoms with Gasteiger partial charge in [0.1, 0.15) is 23.4 Å². The lowest BCUT2D eigenvalue weighted by atomic mass is 9.83. The van der Waals surface area contributed by atoms with Gasteiger partial charge in [0.15, 0.2) is 0 Å². The third kappa shape index (κ3) is 5.28. The van der Waals surface area contributed by atoms with E-state index < -0.39 is 63.8 Å². The second-order valence-corrected chi connectivity index (χ2v) is 12.2. The zero-order valence-electron chi connectivity index (χ0n) is 22.6. The normalized spacial score (nSPS) is 19.5. The Hall–Kier alpha value is -4.43. The van der Waals surface area contributed by atoms with Crippen LogP contribution in [0.4, 0.5) is 28.9 Å². The maximum absolute atomic E-state index is 13.9. The molecule has 3 heterocycles. The minimum Gasteiger partial charge on any atom is -0.497 e. The maximum Gasteiger partial charge on any atom is 0.416 e. The molecule has 4 aromatic rings. The van der Waals surface area contributed by atoms with Gasteiger partial charge in [-0.25, -0.2) is 9.29 Å². The summed E-state index contributed by atoms with van der Waals surface area (Å²) in [6.07, 6.45) is -4.70. The standard InChI is InChI=1S/C30H21F4N3O5S2/c1-42-20-11-9-18(10-12-20)35-21(38)14-36-28-25(44-29(36)41)22(15-5-7-17(31)8-6-15)23-24(43-28)27(40)37(26(23)39)19-4-2-3-16(13-19)30(32,33)34/h2-13,22-24H,14H2,1H3,(H,35,38)/t22-,23-,24+/m0/s1. The van der Waals surface area contributed by atoms with Crippen LogP contribution in [0, 0.1) is 11.7 Å². The number of methoxy groups -OCH3 is 1. The molecule has 226 valence electrons. The number of amides is 3. The van der Waals surface area contributed by atoms with Gasteiger partial charge in [-0.05, 0) is 60.2 Å². The summed E-state index contributed by atoms with van der Waals surface area (Å²) in [5, 5.41) is 1.86. The van der Waals surface area contributed by atoms with Crippen molar-refractivity contribution in [1.29, 1.82) is 0 Å². The summed E-state index contributed by atoms with van der Waals surface area (Å²) in [5.41, 5.74) is -0.365. The van der Waals surface area contributed by atoms with Gasteiger partial charge in [0.2, 0.25) is 17.7 Å². The predicted octanol–water partition coefficient (Wildman–Crippen LogP) is 5.51. The molecule has 1 N–H and O–H groups in total. The number of halogens is 4. The highest BCUT2D eigenvalue weighted by Crippen LogP contribution is 2.54. The Kier molecular flexibility index (Phi) is 7.58. The van der Waals surface area contributed by atoms with Crippen LogP contribution in [0.25, 0.3) is 0 Å². The van der Waals surface area contributed by atoms with E-state index in [1.165, 1.54) is 42.0 Å². The summed E-state index contributed by atoms with van der Waals surface area (Å²) in [6, 6.07) is 15.7. The number of carbonyl (C=O) groups is 3. The van der Waals surface area contributed by atoms with Crippen molar-refractivity contribution >= 4 is 52.2 Å². The fourth-order valence-electron chi connectivity index (χ4n) is 5.38. The molecule has 1 saturated heterocycles. The van der Waals surface area contributed by atoms with E-state index >= 15 is 0 Å².